The number of carbonyl (C=O) groups excluding carboxylic acids is 1. The van der Waals surface area contributed by atoms with Crippen LogP contribution in [0, 0.1) is 6.92 Å². The predicted molar refractivity (Wildman–Crippen MR) is 120 cm³/mol. The molecular weight excluding hydrogens is 441 g/mol. The molecular formula is C22H29ClNO6P. The summed E-state index contributed by atoms with van der Waals surface area (Å²) in [7, 11) is -4.59. The third-order valence-corrected chi connectivity index (χ3v) is 5.43. The van der Waals surface area contributed by atoms with Gasteiger partial charge in [0.15, 0.2) is 5.78 Å². The smallest absolute Gasteiger partial charge is 0.375 e. The van der Waals surface area contributed by atoms with Crippen LogP contribution in [0.25, 0.3) is 0 Å². The Morgan fingerprint density at radius 3 is 2.45 bits per heavy atom. The number of carbonyl (C=O) groups is 1. The highest BCUT2D eigenvalue weighted by atomic mass is 35.5. The molecule has 0 aliphatic carbocycles. The first-order valence-electron chi connectivity index (χ1n) is 9.89. The van der Waals surface area contributed by atoms with E-state index in [1.165, 1.54) is 11.1 Å². The van der Waals surface area contributed by atoms with Gasteiger partial charge in [0.25, 0.3) is 0 Å². The van der Waals surface area contributed by atoms with Crippen LogP contribution in [0.15, 0.2) is 42.5 Å². The van der Waals surface area contributed by atoms with Crippen molar-refractivity contribution in [3.05, 3.63) is 69.7 Å². The van der Waals surface area contributed by atoms with Crippen LogP contribution in [-0.4, -0.2) is 34.3 Å². The van der Waals surface area contributed by atoms with Gasteiger partial charge in [-0.15, -0.1) is 0 Å². The number of aryl methyl sites for hydroxylation is 2. The molecule has 2 rings (SSSR count). The Kier molecular flexibility index (Phi) is 9.40. The number of benzene rings is 2. The number of halogens is 1. The lowest BCUT2D eigenvalue weighted by molar-refractivity contribution is 0.0512. The Bertz CT molecular complexity index is 926. The number of hydrogen-bond acceptors (Lipinski definition) is 5. The third-order valence-electron chi connectivity index (χ3n) is 4.62. The second-order valence-electron chi connectivity index (χ2n) is 7.98. The zero-order valence-electron chi connectivity index (χ0n) is 17.7. The van der Waals surface area contributed by atoms with E-state index < -0.39 is 13.4 Å². The predicted octanol–water partition coefficient (Wildman–Crippen LogP) is 4.20. The zero-order chi connectivity index (χ0) is 23.1. The number of rotatable bonds is 12. The van der Waals surface area contributed by atoms with Gasteiger partial charge in [0, 0.05) is 17.0 Å². The van der Waals surface area contributed by atoms with E-state index in [0.29, 0.717) is 22.6 Å². The standard InChI is InChI=1S/C22H29ClNO6P/c1-16-6-8-17(9-7-16)4-3-5-21(25)18-10-11-19(20(23)12-18)13-29-14-22(2,24)15-30-31(26,27)28/h6-12H,3-5,13-15,24H2,1-2H3,(H2,26,27,28)/t22-/m1/s1. The Labute approximate surface area is 187 Å². The second-order valence-corrected chi connectivity index (χ2v) is 9.63. The Morgan fingerprint density at radius 1 is 1.16 bits per heavy atom. The van der Waals surface area contributed by atoms with E-state index in [9.17, 15) is 9.36 Å². The number of phosphoric ester groups is 1. The number of ether oxygens (including phenoxy) is 1. The summed E-state index contributed by atoms with van der Waals surface area (Å²) in [4.78, 5) is 30.0. The van der Waals surface area contributed by atoms with Crippen molar-refractivity contribution in [1.82, 2.24) is 0 Å². The highest BCUT2D eigenvalue weighted by molar-refractivity contribution is 7.46. The van der Waals surface area contributed by atoms with Gasteiger partial charge in [-0.2, -0.15) is 0 Å². The molecule has 0 saturated carbocycles. The molecule has 0 aliphatic rings. The topological polar surface area (TPSA) is 119 Å². The second kappa shape index (κ2) is 11.3. The third kappa shape index (κ3) is 9.62. The molecule has 0 radical (unpaired) electrons. The van der Waals surface area contributed by atoms with E-state index >= 15 is 0 Å². The van der Waals surface area contributed by atoms with Gasteiger partial charge < -0.3 is 20.3 Å². The molecule has 0 aromatic heterocycles. The summed E-state index contributed by atoms with van der Waals surface area (Å²) in [6.07, 6.45) is 2.04. The largest absolute Gasteiger partial charge is 0.469 e. The Hall–Kier alpha value is -1.57. The van der Waals surface area contributed by atoms with Crippen LogP contribution in [-0.2, 0) is 26.9 Å². The van der Waals surface area contributed by atoms with Crippen LogP contribution in [0.2, 0.25) is 5.02 Å². The van der Waals surface area contributed by atoms with Crippen molar-refractivity contribution in [2.24, 2.45) is 5.73 Å². The molecule has 0 amide bonds. The van der Waals surface area contributed by atoms with Gasteiger partial charge in [-0.25, -0.2) is 4.57 Å². The minimum atomic E-state index is -4.59. The fraction of sp³-hybridized carbons (Fsp3) is 0.409. The summed E-state index contributed by atoms with van der Waals surface area (Å²) in [5.74, 6) is 0.0330. The molecule has 0 saturated heterocycles. The van der Waals surface area contributed by atoms with Crippen LogP contribution in [0.4, 0.5) is 0 Å². The number of Topliss-reactive ketones (excluding diaryl/α,β-unsaturated/α-hetero) is 1. The molecule has 170 valence electrons. The first kappa shape index (κ1) is 25.7. The molecule has 2 aromatic carbocycles. The maximum absolute atomic E-state index is 12.5. The fourth-order valence-corrected chi connectivity index (χ4v) is 3.56. The van der Waals surface area contributed by atoms with Crippen molar-refractivity contribution in [2.45, 2.75) is 45.3 Å². The number of phosphoric acid groups is 1. The molecule has 0 aliphatic heterocycles. The zero-order valence-corrected chi connectivity index (χ0v) is 19.4. The first-order chi connectivity index (χ1) is 14.5. The molecule has 7 nitrogen and oxygen atoms in total. The average molecular weight is 470 g/mol. The van der Waals surface area contributed by atoms with E-state index in [1.54, 1.807) is 25.1 Å². The summed E-state index contributed by atoms with van der Waals surface area (Å²) in [5, 5.41) is 0.412. The van der Waals surface area contributed by atoms with Gasteiger partial charge in [-0.1, -0.05) is 53.6 Å². The highest BCUT2D eigenvalue weighted by Gasteiger charge is 2.25. The molecule has 0 spiro atoms. The van der Waals surface area contributed by atoms with E-state index in [4.69, 9.17) is 31.9 Å². The van der Waals surface area contributed by atoms with E-state index in [2.05, 4.69) is 28.8 Å². The van der Waals surface area contributed by atoms with Crippen molar-refractivity contribution in [2.75, 3.05) is 13.2 Å². The van der Waals surface area contributed by atoms with E-state index in [-0.39, 0.29) is 25.6 Å². The normalized spacial score (nSPS) is 13.7. The van der Waals surface area contributed by atoms with E-state index in [1.807, 2.05) is 6.92 Å². The van der Waals surface area contributed by atoms with Gasteiger partial charge in [-0.05, 0) is 43.9 Å². The lowest BCUT2D eigenvalue weighted by Gasteiger charge is -2.24. The van der Waals surface area contributed by atoms with Gasteiger partial charge in [0.05, 0.1) is 25.4 Å². The molecule has 4 N–H and O–H groups in total. The van der Waals surface area contributed by atoms with Crippen molar-refractivity contribution in [1.29, 1.82) is 0 Å². The van der Waals surface area contributed by atoms with Crippen LogP contribution < -0.4 is 5.73 Å². The number of ketones is 1. The van der Waals surface area contributed by atoms with Crippen molar-refractivity contribution in [3.8, 4) is 0 Å². The highest BCUT2D eigenvalue weighted by Crippen LogP contribution is 2.36. The molecule has 0 bridgehead atoms. The van der Waals surface area contributed by atoms with Crippen molar-refractivity contribution < 1.29 is 28.4 Å². The minimum Gasteiger partial charge on any atom is -0.375 e. The summed E-state index contributed by atoms with van der Waals surface area (Å²) in [5.41, 5.74) is 8.49. The fourth-order valence-electron chi connectivity index (χ4n) is 2.86. The van der Waals surface area contributed by atoms with Gasteiger partial charge >= 0.3 is 7.82 Å². The lowest BCUT2D eigenvalue weighted by Crippen LogP contribution is -2.45. The van der Waals surface area contributed by atoms with Gasteiger partial charge in [0.1, 0.15) is 0 Å². The Balaban J connectivity index is 1.81. The molecule has 0 heterocycles. The summed E-state index contributed by atoms with van der Waals surface area (Å²) in [6.45, 7) is 3.39. The van der Waals surface area contributed by atoms with E-state index in [0.717, 1.165) is 12.8 Å². The maximum atomic E-state index is 12.5. The van der Waals surface area contributed by atoms with Crippen molar-refractivity contribution >= 4 is 25.2 Å². The monoisotopic (exact) mass is 469 g/mol. The van der Waals surface area contributed by atoms with Gasteiger partial charge in [0.2, 0.25) is 0 Å². The van der Waals surface area contributed by atoms with Crippen LogP contribution in [0.5, 0.6) is 0 Å². The molecule has 2 aromatic rings. The quantitative estimate of drug-likeness (QED) is 0.315. The lowest BCUT2D eigenvalue weighted by atomic mass is 10.0. The number of nitrogens with two attached hydrogens (primary N) is 1. The average Bonchev–Trinajstić information content (AvgIpc) is 2.68. The minimum absolute atomic E-state index is 0.00300. The SMILES string of the molecule is Cc1ccc(CCCC(=O)c2ccc(COC[C@@](C)(N)COP(=O)(O)O)c(Cl)c2)cc1. The van der Waals surface area contributed by atoms with Crippen LogP contribution in [0.3, 0.4) is 0 Å². The summed E-state index contributed by atoms with van der Waals surface area (Å²) < 4.78 is 20.7. The van der Waals surface area contributed by atoms with Gasteiger partial charge in [-0.3, -0.25) is 9.32 Å². The maximum Gasteiger partial charge on any atom is 0.469 e. The molecule has 31 heavy (non-hydrogen) atoms. The number of hydrogen-bond donors (Lipinski definition) is 3. The van der Waals surface area contributed by atoms with Crippen LogP contribution in [0.1, 0.15) is 46.8 Å². The first-order valence-corrected chi connectivity index (χ1v) is 11.8. The summed E-state index contributed by atoms with van der Waals surface area (Å²) >= 11 is 6.30. The molecule has 1 atom stereocenters. The van der Waals surface area contributed by atoms with Crippen LogP contribution >= 0.6 is 19.4 Å². The molecule has 0 unspecified atom stereocenters. The molecule has 0 fully saturated rings. The molecule has 9 heteroatoms. The van der Waals surface area contributed by atoms with Crippen molar-refractivity contribution in [3.63, 3.8) is 0 Å². The summed E-state index contributed by atoms with van der Waals surface area (Å²) in [6, 6.07) is 13.4. The Morgan fingerprint density at radius 2 is 1.84 bits per heavy atom.